The lowest BCUT2D eigenvalue weighted by atomic mass is 10.2. The summed E-state index contributed by atoms with van der Waals surface area (Å²) < 4.78 is 21.1. The number of hydroxylamine groups is 2. The number of carbonyl (C=O) groups excluding carboxylic acids is 5. The Balaban J connectivity index is 3.53. The summed E-state index contributed by atoms with van der Waals surface area (Å²) in [6.45, 7) is 20.0. The molecule has 1 aliphatic heterocycles. The van der Waals surface area contributed by atoms with Gasteiger partial charge in [0, 0.05) is 0 Å². The van der Waals surface area contributed by atoms with Gasteiger partial charge in [-0.05, 0) is 89.5 Å². The Morgan fingerprint density at radius 2 is 1.00 bits per heavy atom. The van der Waals surface area contributed by atoms with Crippen molar-refractivity contribution in [3.05, 3.63) is 0 Å². The first-order valence-electron chi connectivity index (χ1n) is 14.5. The normalized spacial score (nSPS) is 14.3. The number of alkyl carbamates (subject to hydrolysis) is 4. The maximum atomic E-state index is 13.5. The summed E-state index contributed by atoms with van der Waals surface area (Å²) in [4.78, 5) is 74.8. The average molecular weight is 646 g/mol. The molecule has 0 aromatic rings. The summed E-state index contributed by atoms with van der Waals surface area (Å²) in [6, 6.07) is -1.28. The molecule has 0 aromatic heterocycles. The number of carbonyl (C=O) groups is 5. The van der Waals surface area contributed by atoms with Gasteiger partial charge in [0.05, 0.1) is 13.2 Å². The Bertz CT molecular complexity index is 1070. The first-order chi connectivity index (χ1) is 20.3. The Kier molecular flexibility index (Phi) is 13.6. The summed E-state index contributed by atoms with van der Waals surface area (Å²) in [6.07, 6.45) is -3.13. The number of nitrogens with one attached hydrogen (secondary N) is 6. The molecular formula is C28H51N7O10+2. The van der Waals surface area contributed by atoms with Crippen molar-refractivity contribution < 1.29 is 57.7 Å². The van der Waals surface area contributed by atoms with Crippen LogP contribution in [0.25, 0.3) is 0 Å². The van der Waals surface area contributed by atoms with Gasteiger partial charge in [0.2, 0.25) is 0 Å². The van der Waals surface area contributed by atoms with Crippen molar-refractivity contribution in [2.75, 3.05) is 19.7 Å². The zero-order valence-electron chi connectivity index (χ0n) is 28.4. The molecule has 0 aromatic carbocycles. The number of ether oxygens (including phenoxy) is 4. The van der Waals surface area contributed by atoms with E-state index >= 15 is 0 Å². The monoisotopic (exact) mass is 645 g/mol. The molecule has 0 radical (unpaired) electrons. The van der Waals surface area contributed by atoms with Crippen molar-refractivity contribution in [3.8, 4) is 0 Å². The Hall–Kier alpha value is -4.15. The zero-order chi connectivity index (χ0) is 34.8. The molecule has 1 atom stereocenters. The van der Waals surface area contributed by atoms with Crippen molar-refractivity contribution in [1.82, 2.24) is 26.3 Å². The summed E-state index contributed by atoms with van der Waals surface area (Å²) >= 11 is 0. The van der Waals surface area contributed by atoms with Gasteiger partial charge in [-0.15, -0.1) is 0 Å². The molecule has 256 valence electrons. The summed E-state index contributed by atoms with van der Waals surface area (Å²) in [5.74, 6) is -1.23. The van der Waals surface area contributed by atoms with E-state index in [0.29, 0.717) is 13.0 Å². The van der Waals surface area contributed by atoms with E-state index in [9.17, 15) is 24.0 Å². The van der Waals surface area contributed by atoms with Gasteiger partial charge in [-0.1, -0.05) is 0 Å². The molecule has 1 aliphatic rings. The minimum atomic E-state index is -1.28. The van der Waals surface area contributed by atoms with Gasteiger partial charge in [0.1, 0.15) is 28.9 Å². The van der Waals surface area contributed by atoms with E-state index in [1.165, 1.54) is 0 Å². The van der Waals surface area contributed by atoms with Crippen LogP contribution in [0.15, 0.2) is 0 Å². The predicted octanol–water partition coefficient (Wildman–Crippen LogP) is -0.509. The zero-order valence-corrected chi connectivity index (χ0v) is 28.4. The predicted molar refractivity (Wildman–Crippen MR) is 160 cm³/mol. The Morgan fingerprint density at radius 3 is 1.31 bits per heavy atom. The third-order valence-corrected chi connectivity index (χ3v) is 4.60. The van der Waals surface area contributed by atoms with E-state index < -0.39 is 58.7 Å². The van der Waals surface area contributed by atoms with Gasteiger partial charge in [0.25, 0.3) is 5.91 Å². The lowest BCUT2D eigenvalue weighted by Gasteiger charge is -2.21. The van der Waals surface area contributed by atoms with Crippen LogP contribution in [0.1, 0.15) is 89.5 Å². The van der Waals surface area contributed by atoms with Crippen molar-refractivity contribution in [2.45, 2.75) is 118 Å². The lowest BCUT2D eigenvalue weighted by Crippen LogP contribution is -2.95. The standard InChI is InChI=1S/C28H49N7O10/c1-25(2,3)42-21(37)31-19(32-22(38)43-26(4,5)6)29-16-17(18(36)35-14-13-15-41-35)30-20(33-23(39)44-27(7,8)9)34-24(40)45-28(10,11)12/h17H,13-16H2,1-12H3,(H2,29,31,32,37,38)(H2,30,33,34,39,40)/p+2. The quantitative estimate of drug-likeness (QED) is 0.131. The van der Waals surface area contributed by atoms with Crippen molar-refractivity contribution in [2.24, 2.45) is 0 Å². The molecule has 1 rings (SSSR count). The summed E-state index contributed by atoms with van der Waals surface area (Å²) in [7, 11) is 0. The first-order valence-corrected chi connectivity index (χ1v) is 14.5. The van der Waals surface area contributed by atoms with Crippen LogP contribution in [0, 0.1) is 0 Å². The molecule has 17 heteroatoms. The smallest absolute Gasteiger partial charge is 0.432 e. The number of hydrogen-bond acceptors (Lipinski definition) is 10. The molecule has 1 heterocycles. The second kappa shape index (κ2) is 15.7. The van der Waals surface area contributed by atoms with E-state index in [2.05, 4.69) is 31.3 Å². The van der Waals surface area contributed by atoms with Crippen LogP contribution in [0.5, 0.6) is 0 Å². The fraction of sp³-hybridized carbons (Fsp3) is 0.750. The summed E-state index contributed by atoms with van der Waals surface area (Å²) in [5, 5.41) is 10.6. The van der Waals surface area contributed by atoms with E-state index in [1.54, 1.807) is 83.1 Å². The Morgan fingerprint density at radius 1 is 0.644 bits per heavy atom. The van der Waals surface area contributed by atoms with E-state index in [4.69, 9.17) is 23.8 Å². The van der Waals surface area contributed by atoms with Crippen LogP contribution in [-0.2, 0) is 28.6 Å². The number of guanidine groups is 2. The van der Waals surface area contributed by atoms with Crippen LogP contribution < -0.4 is 31.3 Å². The maximum Gasteiger partial charge on any atom is 0.476 e. The van der Waals surface area contributed by atoms with Gasteiger partial charge in [0.15, 0.2) is 6.04 Å². The van der Waals surface area contributed by atoms with Crippen LogP contribution >= 0.6 is 0 Å². The van der Waals surface area contributed by atoms with Crippen molar-refractivity contribution >= 4 is 42.2 Å². The molecule has 0 spiro atoms. The third kappa shape index (κ3) is 18.3. The topological polar surface area (TPSA) is 211 Å². The largest absolute Gasteiger partial charge is 0.476 e. The van der Waals surface area contributed by atoms with Crippen molar-refractivity contribution in [1.29, 1.82) is 0 Å². The molecule has 1 fully saturated rings. The van der Waals surface area contributed by atoms with Gasteiger partial charge < -0.3 is 18.9 Å². The molecule has 0 bridgehead atoms. The van der Waals surface area contributed by atoms with Crippen LogP contribution in [0.2, 0.25) is 0 Å². The molecule has 5 amide bonds. The van der Waals surface area contributed by atoms with Gasteiger partial charge >= 0.3 is 36.3 Å². The second-order valence-corrected chi connectivity index (χ2v) is 14.0. The van der Waals surface area contributed by atoms with E-state index in [-0.39, 0.29) is 25.0 Å². The van der Waals surface area contributed by atoms with E-state index in [1.807, 2.05) is 0 Å². The number of nitrogens with zero attached hydrogens (tertiary/aromatic N) is 1. The van der Waals surface area contributed by atoms with Crippen molar-refractivity contribution in [3.63, 3.8) is 0 Å². The highest BCUT2D eigenvalue weighted by Gasteiger charge is 2.34. The fourth-order valence-electron chi connectivity index (χ4n) is 3.22. The van der Waals surface area contributed by atoms with Crippen LogP contribution in [0.4, 0.5) is 19.2 Å². The lowest BCUT2D eigenvalue weighted by molar-refractivity contribution is -0.565. The highest BCUT2D eigenvalue weighted by Crippen LogP contribution is 2.09. The maximum absolute atomic E-state index is 13.5. The third-order valence-electron chi connectivity index (χ3n) is 4.60. The first kappa shape index (κ1) is 38.9. The second-order valence-electron chi connectivity index (χ2n) is 14.0. The highest BCUT2D eigenvalue weighted by atomic mass is 16.7. The molecule has 0 aliphatic carbocycles. The number of rotatable bonds is 4. The SMILES string of the molecule is CC(C)(C)OC(=O)NC(NC(=O)OC(C)(C)C)=[NH+]CC([NH+]=C(NC(=O)OC(C)(C)C)NC(=O)OC(C)(C)C)C(=O)N1CCCO1. The molecule has 1 saturated heterocycles. The minimum Gasteiger partial charge on any atom is -0.432 e. The number of hydrogen-bond donors (Lipinski definition) is 6. The van der Waals surface area contributed by atoms with Gasteiger partial charge in [-0.2, -0.15) is 21.3 Å². The fourth-order valence-corrected chi connectivity index (χ4v) is 3.22. The molecule has 6 N–H and O–H groups in total. The molecule has 45 heavy (non-hydrogen) atoms. The van der Waals surface area contributed by atoms with Crippen LogP contribution in [0.3, 0.4) is 0 Å². The molecular weight excluding hydrogens is 594 g/mol. The van der Waals surface area contributed by atoms with Crippen LogP contribution in [-0.4, -0.2) is 95.4 Å². The Labute approximate surface area is 264 Å². The molecule has 1 unspecified atom stereocenters. The molecule has 0 saturated carbocycles. The highest BCUT2D eigenvalue weighted by molar-refractivity contribution is 5.99. The van der Waals surface area contributed by atoms with Gasteiger partial charge in [-0.3, -0.25) is 19.6 Å². The average Bonchev–Trinajstić information content (AvgIpc) is 3.30. The van der Waals surface area contributed by atoms with Gasteiger partial charge in [-0.25, -0.2) is 24.2 Å². The van der Waals surface area contributed by atoms with E-state index in [0.717, 1.165) is 5.06 Å². The summed E-state index contributed by atoms with van der Waals surface area (Å²) in [5.41, 5.74) is -3.49. The minimum absolute atomic E-state index is 0.272. The number of amides is 5. The molecule has 17 nitrogen and oxygen atoms in total.